The lowest BCUT2D eigenvalue weighted by molar-refractivity contribution is 0.0939. The van der Waals surface area contributed by atoms with E-state index in [0.29, 0.717) is 5.69 Å². The minimum atomic E-state index is -0.290. The number of aliphatic hydroxyl groups is 1. The number of rotatable bonds is 5. The second kappa shape index (κ2) is 6.55. The highest BCUT2D eigenvalue weighted by atomic mass is 32.1. The molecule has 6 heteroatoms. The molecule has 112 valence electrons. The summed E-state index contributed by atoms with van der Waals surface area (Å²) in [7, 11) is 0. The lowest BCUT2D eigenvalue weighted by Crippen LogP contribution is -2.26. The van der Waals surface area contributed by atoms with Crippen LogP contribution >= 0.6 is 11.3 Å². The summed E-state index contributed by atoms with van der Waals surface area (Å²) in [5.41, 5.74) is 2.10. The van der Waals surface area contributed by atoms with Crippen LogP contribution in [0.2, 0.25) is 0 Å². The fourth-order valence-electron chi connectivity index (χ4n) is 2.12. The van der Waals surface area contributed by atoms with E-state index in [0.717, 1.165) is 16.3 Å². The maximum Gasteiger partial charge on any atom is 0.271 e. The summed E-state index contributed by atoms with van der Waals surface area (Å²) in [6.45, 7) is 0.119. The van der Waals surface area contributed by atoms with Gasteiger partial charge in [-0.3, -0.25) is 4.79 Å². The van der Waals surface area contributed by atoms with Crippen molar-refractivity contribution in [3.8, 4) is 16.3 Å². The van der Waals surface area contributed by atoms with E-state index in [4.69, 9.17) is 5.11 Å². The van der Waals surface area contributed by atoms with Crippen molar-refractivity contribution in [2.45, 2.75) is 0 Å². The molecule has 0 saturated heterocycles. The van der Waals surface area contributed by atoms with Gasteiger partial charge in [-0.25, -0.2) is 4.68 Å². The van der Waals surface area contributed by atoms with Gasteiger partial charge in [-0.1, -0.05) is 24.3 Å². The smallest absolute Gasteiger partial charge is 0.271 e. The van der Waals surface area contributed by atoms with Crippen molar-refractivity contribution < 1.29 is 9.90 Å². The number of thiophene rings is 1. The molecule has 0 bridgehead atoms. The molecule has 22 heavy (non-hydrogen) atoms. The molecule has 1 amide bonds. The Bertz CT molecular complexity index is 751. The number of aromatic nitrogens is 2. The second-order valence-corrected chi connectivity index (χ2v) is 5.57. The highest BCUT2D eigenvalue weighted by Crippen LogP contribution is 2.27. The molecule has 0 spiro atoms. The Morgan fingerprint density at radius 1 is 1.23 bits per heavy atom. The summed E-state index contributed by atoms with van der Waals surface area (Å²) < 4.78 is 1.76. The van der Waals surface area contributed by atoms with E-state index in [1.165, 1.54) is 0 Å². The van der Waals surface area contributed by atoms with E-state index in [2.05, 4.69) is 10.4 Å². The van der Waals surface area contributed by atoms with E-state index in [1.54, 1.807) is 22.1 Å². The van der Waals surface area contributed by atoms with Crippen LogP contribution < -0.4 is 5.32 Å². The van der Waals surface area contributed by atoms with Crippen LogP contribution in [0.5, 0.6) is 0 Å². The molecule has 5 nitrogen and oxygen atoms in total. The van der Waals surface area contributed by atoms with Crippen LogP contribution in [0.1, 0.15) is 10.5 Å². The minimum Gasteiger partial charge on any atom is -0.395 e. The Hall–Kier alpha value is -2.44. The zero-order valence-electron chi connectivity index (χ0n) is 11.8. The van der Waals surface area contributed by atoms with Crippen LogP contribution in [-0.4, -0.2) is 33.9 Å². The van der Waals surface area contributed by atoms with Gasteiger partial charge in [0.15, 0.2) is 5.69 Å². The molecule has 3 rings (SSSR count). The number of amides is 1. The number of nitrogens with zero attached hydrogens (tertiary/aromatic N) is 2. The SMILES string of the molecule is O=C(NCCO)c1cc(-c2cccs2)n(-c2ccccc2)n1. The van der Waals surface area contributed by atoms with E-state index < -0.39 is 0 Å². The van der Waals surface area contributed by atoms with E-state index in [1.807, 2.05) is 47.8 Å². The molecule has 0 atom stereocenters. The number of aliphatic hydroxyl groups excluding tert-OH is 1. The first-order valence-electron chi connectivity index (χ1n) is 6.88. The van der Waals surface area contributed by atoms with Crippen molar-refractivity contribution >= 4 is 17.2 Å². The molecule has 0 aliphatic rings. The van der Waals surface area contributed by atoms with Gasteiger partial charge in [-0.15, -0.1) is 11.3 Å². The predicted octanol–water partition coefficient (Wildman–Crippen LogP) is 2.32. The number of nitrogens with one attached hydrogen (secondary N) is 1. The summed E-state index contributed by atoms with van der Waals surface area (Å²) in [4.78, 5) is 13.1. The summed E-state index contributed by atoms with van der Waals surface area (Å²) in [5.74, 6) is -0.290. The minimum absolute atomic E-state index is 0.0943. The Morgan fingerprint density at radius 3 is 2.73 bits per heavy atom. The molecule has 2 N–H and O–H groups in total. The molecular weight excluding hydrogens is 298 g/mol. The first kappa shape index (κ1) is 14.5. The second-order valence-electron chi connectivity index (χ2n) is 4.62. The molecule has 2 aromatic heterocycles. The van der Waals surface area contributed by atoms with Crippen molar-refractivity contribution in [3.05, 3.63) is 59.6 Å². The summed E-state index contributed by atoms with van der Waals surface area (Å²) in [6.07, 6.45) is 0. The number of para-hydroxylation sites is 1. The zero-order chi connectivity index (χ0) is 15.4. The van der Waals surface area contributed by atoms with Gasteiger partial charge < -0.3 is 10.4 Å². The average molecular weight is 313 g/mol. The number of carbonyl (C=O) groups excluding carboxylic acids is 1. The number of hydrogen-bond donors (Lipinski definition) is 2. The first-order valence-corrected chi connectivity index (χ1v) is 7.76. The Kier molecular flexibility index (Phi) is 4.32. The van der Waals surface area contributed by atoms with E-state index in [9.17, 15) is 4.79 Å². The average Bonchev–Trinajstić information content (AvgIpc) is 3.22. The van der Waals surface area contributed by atoms with Crippen LogP contribution in [0.3, 0.4) is 0 Å². The predicted molar refractivity (Wildman–Crippen MR) is 86.3 cm³/mol. The van der Waals surface area contributed by atoms with Gasteiger partial charge in [0.1, 0.15) is 0 Å². The van der Waals surface area contributed by atoms with Crippen molar-refractivity contribution in [3.63, 3.8) is 0 Å². The number of carbonyl (C=O) groups is 1. The molecule has 0 radical (unpaired) electrons. The molecular formula is C16H15N3O2S. The van der Waals surface area contributed by atoms with Gasteiger partial charge in [0.05, 0.1) is 22.9 Å². The normalized spacial score (nSPS) is 10.6. The first-order chi connectivity index (χ1) is 10.8. The Morgan fingerprint density at radius 2 is 2.05 bits per heavy atom. The molecule has 0 unspecified atom stereocenters. The zero-order valence-corrected chi connectivity index (χ0v) is 12.6. The molecule has 0 saturated carbocycles. The molecule has 3 aromatic rings. The van der Waals surface area contributed by atoms with E-state index in [-0.39, 0.29) is 19.1 Å². The topological polar surface area (TPSA) is 67.2 Å². The number of hydrogen-bond acceptors (Lipinski definition) is 4. The summed E-state index contributed by atoms with van der Waals surface area (Å²) >= 11 is 1.60. The molecule has 0 fully saturated rings. The highest BCUT2D eigenvalue weighted by Gasteiger charge is 2.16. The maximum absolute atomic E-state index is 12.1. The van der Waals surface area contributed by atoms with Gasteiger partial charge in [0, 0.05) is 6.54 Å². The van der Waals surface area contributed by atoms with Crippen LogP contribution in [0, 0.1) is 0 Å². The van der Waals surface area contributed by atoms with Gasteiger partial charge in [-0.05, 0) is 29.6 Å². The quantitative estimate of drug-likeness (QED) is 0.759. The van der Waals surface area contributed by atoms with Gasteiger partial charge in [0.25, 0.3) is 5.91 Å². The monoisotopic (exact) mass is 313 g/mol. The van der Waals surface area contributed by atoms with Crippen molar-refractivity contribution in [2.24, 2.45) is 0 Å². The third-order valence-corrected chi connectivity index (χ3v) is 4.01. The fraction of sp³-hybridized carbons (Fsp3) is 0.125. The van der Waals surface area contributed by atoms with Crippen LogP contribution in [0.4, 0.5) is 0 Å². The molecule has 1 aromatic carbocycles. The largest absolute Gasteiger partial charge is 0.395 e. The van der Waals surface area contributed by atoms with Gasteiger partial charge >= 0.3 is 0 Å². The fourth-order valence-corrected chi connectivity index (χ4v) is 2.84. The van der Waals surface area contributed by atoms with Crippen LogP contribution in [0.15, 0.2) is 53.9 Å². The van der Waals surface area contributed by atoms with Crippen LogP contribution in [0.25, 0.3) is 16.3 Å². The van der Waals surface area contributed by atoms with Crippen molar-refractivity contribution in [2.75, 3.05) is 13.2 Å². The van der Waals surface area contributed by atoms with Crippen molar-refractivity contribution in [1.29, 1.82) is 0 Å². The van der Waals surface area contributed by atoms with Crippen molar-refractivity contribution in [1.82, 2.24) is 15.1 Å². The van der Waals surface area contributed by atoms with Gasteiger partial charge in [-0.2, -0.15) is 5.10 Å². The maximum atomic E-state index is 12.1. The summed E-state index contributed by atoms with van der Waals surface area (Å²) in [6, 6.07) is 15.4. The Balaban J connectivity index is 2.04. The molecule has 0 aliphatic heterocycles. The summed E-state index contributed by atoms with van der Waals surface area (Å²) in [5, 5.41) is 17.8. The third kappa shape index (κ3) is 2.93. The van der Waals surface area contributed by atoms with Gasteiger partial charge in [0.2, 0.25) is 0 Å². The van der Waals surface area contributed by atoms with E-state index >= 15 is 0 Å². The standard InChI is InChI=1S/C16H15N3O2S/c20-9-8-17-16(21)13-11-14(15-7-4-10-22-15)19(18-13)12-5-2-1-3-6-12/h1-7,10-11,20H,8-9H2,(H,17,21). The molecule has 0 aliphatic carbocycles. The lowest BCUT2D eigenvalue weighted by atomic mass is 10.2. The highest BCUT2D eigenvalue weighted by molar-refractivity contribution is 7.13. The molecule has 2 heterocycles. The van der Waals surface area contributed by atoms with Crippen LogP contribution in [-0.2, 0) is 0 Å². The third-order valence-electron chi connectivity index (χ3n) is 3.11. The number of benzene rings is 1. The lowest BCUT2D eigenvalue weighted by Gasteiger charge is -2.05. The Labute approximate surface area is 131 Å².